The summed E-state index contributed by atoms with van der Waals surface area (Å²) in [4.78, 5) is 15.2. The van der Waals surface area contributed by atoms with Crippen LogP contribution >= 0.6 is 15.9 Å². The number of sulfonamides is 1. The lowest BCUT2D eigenvalue weighted by Gasteiger charge is -2.29. The molecule has 4 rings (SSSR count). The molecule has 2 aromatic carbocycles. The fourth-order valence-electron chi connectivity index (χ4n) is 3.91. The Morgan fingerprint density at radius 3 is 2.52 bits per heavy atom. The predicted octanol–water partition coefficient (Wildman–Crippen LogP) is 3.44. The van der Waals surface area contributed by atoms with E-state index < -0.39 is 10.0 Å². The number of benzene rings is 2. The third-order valence-corrected chi connectivity index (χ3v) is 8.17. The Labute approximate surface area is 179 Å². The SMILES string of the molecule is COc1ccc2c(c1)CN(C(=O)c1cc(S(=O)(=O)N3CCCC3)ccc1Br)CC2. The summed E-state index contributed by atoms with van der Waals surface area (Å²) >= 11 is 3.43. The van der Waals surface area contributed by atoms with Crippen molar-refractivity contribution in [3.63, 3.8) is 0 Å². The predicted molar refractivity (Wildman–Crippen MR) is 114 cm³/mol. The summed E-state index contributed by atoms with van der Waals surface area (Å²) in [5.41, 5.74) is 2.64. The van der Waals surface area contributed by atoms with Crippen LogP contribution < -0.4 is 4.74 Å². The minimum Gasteiger partial charge on any atom is -0.497 e. The molecule has 6 nitrogen and oxygen atoms in total. The zero-order valence-corrected chi connectivity index (χ0v) is 18.6. The maximum absolute atomic E-state index is 13.2. The number of amides is 1. The maximum atomic E-state index is 13.2. The Bertz CT molecular complexity index is 1050. The van der Waals surface area contributed by atoms with Gasteiger partial charge in [-0.2, -0.15) is 4.31 Å². The third kappa shape index (κ3) is 3.93. The van der Waals surface area contributed by atoms with Gasteiger partial charge in [0.1, 0.15) is 5.75 Å². The number of hydrogen-bond donors (Lipinski definition) is 0. The van der Waals surface area contributed by atoms with Gasteiger partial charge in [0.25, 0.3) is 5.91 Å². The molecular formula is C21H23BrN2O4S. The van der Waals surface area contributed by atoms with Gasteiger partial charge in [-0.25, -0.2) is 8.42 Å². The normalized spacial score (nSPS) is 17.2. The van der Waals surface area contributed by atoms with Crippen molar-refractivity contribution in [2.24, 2.45) is 0 Å². The van der Waals surface area contributed by atoms with E-state index in [0.717, 1.165) is 30.6 Å². The number of ether oxygens (including phenoxy) is 1. The van der Waals surface area contributed by atoms with Crippen molar-refractivity contribution < 1.29 is 17.9 Å². The third-order valence-electron chi connectivity index (χ3n) is 5.58. The van der Waals surface area contributed by atoms with E-state index in [1.54, 1.807) is 24.1 Å². The zero-order valence-electron chi connectivity index (χ0n) is 16.2. The minimum absolute atomic E-state index is 0.171. The highest BCUT2D eigenvalue weighted by atomic mass is 79.9. The van der Waals surface area contributed by atoms with E-state index in [1.807, 2.05) is 18.2 Å². The number of carbonyl (C=O) groups excluding carboxylic acids is 1. The lowest BCUT2D eigenvalue weighted by atomic mass is 9.99. The van der Waals surface area contributed by atoms with Gasteiger partial charge in [-0.3, -0.25) is 4.79 Å². The van der Waals surface area contributed by atoms with Crippen molar-refractivity contribution in [3.05, 3.63) is 57.6 Å². The molecule has 0 bridgehead atoms. The Morgan fingerprint density at radius 1 is 1.03 bits per heavy atom. The average molecular weight is 479 g/mol. The van der Waals surface area contributed by atoms with E-state index in [2.05, 4.69) is 15.9 Å². The van der Waals surface area contributed by atoms with Crippen molar-refractivity contribution in [2.45, 2.75) is 30.7 Å². The minimum atomic E-state index is -3.57. The number of nitrogens with zero attached hydrogens (tertiary/aromatic N) is 2. The monoisotopic (exact) mass is 478 g/mol. The smallest absolute Gasteiger partial charge is 0.255 e. The molecule has 0 aliphatic carbocycles. The van der Waals surface area contributed by atoms with E-state index in [-0.39, 0.29) is 10.8 Å². The van der Waals surface area contributed by atoms with Gasteiger partial charge in [-0.05, 0) is 76.7 Å². The zero-order chi connectivity index (χ0) is 20.6. The van der Waals surface area contributed by atoms with Crippen LogP contribution in [0.1, 0.15) is 34.3 Å². The Hall–Kier alpha value is -1.90. The molecule has 0 saturated carbocycles. The lowest BCUT2D eigenvalue weighted by Crippen LogP contribution is -2.36. The summed E-state index contributed by atoms with van der Waals surface area (Å²) in [5, 5.41) is 0. The standard InChI is InChI=1S/C21H23BrN2O4S/c1-28-17-5-4-15-8-11-23(14-16(15)12-17)21(25)19-13-18(6-7-20(19)22)29(26,27)24-9-2-3-10-24/h4-7,12-13H,2-3,8-11,14H2,1H3. The molecule has 29 heavy (non-hydrogen) atoms. The molecule has 8 heteroatoms. The number of halogens is 1. The second-order valence-corrected chi connectivity index (χ2v) is 10.2. The van der Waals surface area contributed by atoms with Crippen LogP contribution in [0.15, 0.2) is 45.8 Å². The van der Waals surface area contributed by atoms with Gasteiger partial charge in [-0.15, -0.1) is 0 Å². The number of rotatable bonds is 4. The quantitative estimate of drug-likeness (QED) is 0.674. The second kappa shape index (κ2) is 8.08. The van der Waals surface area contributed by atoms with Gasteiger partial charge in [0.05, 0.1) is 17.6 Å². The molecule has 0 aromatic heterocycles. The molecule has 0 N–H and O–H groups in total. The molecule has 2 aromatic rings. The van der Waals surface area contributed by atoms with Gasteiger partial charge >= 0.3 is 0 Å². The van der Waals surface area contributed by atoms with Crippen molar-refractivity contribution in [2.75, 3.05) is 26.7 Å². The summed E-state index contributed by atoms with van der Waals surface area (Å²) in [7, 11) is -1.95. The molecular weight excluding hydrogens is 456 g/mol. The van der Waals surface area contributed by atoms with Gasteiger partial charge in [0.2, 0.25) is 10.0 Å². The number of methoxy groups -OCH3 is 1. The summed E-state index contributed by atoms with van der Waals surface area (Å²) in [6, 6.07) is 10.6. The largest absolute Gasteiger partial charge is 0.497 e. The highest BCUT2D eigenvalue weighted by molar-refractivity contribution is 9.10. The van der Waals surface area contributed by atoms with Gasteiger partial charge in [0.15, 0.2) is 0 Å². The van der Waals surface area contributed by atoms with E-state index in [0.29, 0.717) is 36.2 Å². The van der Waals surface area contributed by atoms with E-state index in [9.17, 15) is 13.2 Å². The highest BCUT2D eigenvalue weighted by Gasteiger charge is 2.29. The van der Waals surface area contributed by atoms with Gasteiger partial charge in [-0.1, -0.05) is 6.07 Å². The fourth-order valence-corrected chi connectivity index (χ4v) is 5.87. The molecule has 0 radical (unpaired) electrons. The van der Waals surface area contributed by atoms with Crippen LogP contribution in [0.25, 0.3) is 0 Å². The van der Waals surface area contributed by atoms with Crippen LogP contribution in [-0.4, -0.2) is 50.3 Å². The van der Waals surface area contributed by atoms with Crippen LogP contribution in [0.3, 0.4) is 0 Å². The first-order chi connectivity index (χ1) is 13.9. The first kappa shape index (κ1) is 20.4. The van der Waals surface area contributed by atoms with Crippen molar-refractivity contribution in [1.29, 1.82) is 0 Å². The van der Waals surface area contributed by atoms with Crippen LogP contribution in [0.5, 0.6) is 5.75 Å². The van der Waals surface area contributed by atoms with Crippen LogP contribution in [0.2, 0.25) is 0 Å². The van der Waals surface area contributed by atoms with Crippen molar-refractivity contribution in [3.8, 4) is 5.75 Å². The van der Waals surface area contributed by atoms with Gasteiger partial charge < -0.3 is 9.64 Å². The lowest BCUT2D eigenvalue weighted by molar-refractivity contribution is 0.0733. The highest BCUT2D eigenvalue weighted by Crippen LogP contribution is 2.29. The molecule has 1 amide bonds. The van der Waals surface area contributed by atoms with Crippen LogP contribution in [-0.2, 0) is 23.0 Å². The van der Waals surface area contributed by atoms with Crippen molar-refractivity contribution in [1.82, 2.24) is 9.21 Å². The van der Waals surface area contributed by atoms with E-state index in [1.165, 1.54) is 15.9 Å². The molecule has 0 unspecified atom stereocenters. The molecule has 1 saturated heterocycles. The van der Waals surface area contributed by atoms with Crippen LogP contribution in [0.4, 0.5) is 0 Å². The van der Waals surface area contributed by atoms with Gasteiger partial charge in [0, 0.05) is 30.7 Å². The summed E-state index contributed by atoms with van der Waals surface area (Å²) < 4.78 is 33.2. The number of hydrogen-bond acceptors (Lipinski definition) is 4. The Morgan fingerprint density at radius 2 is 1.79 bits per heavy atom. The first-order valence-electron chi connectivity index (χ1n) is 9.65. The Kier molecular flexibility index (Phi) is 5.68. The Balaban J connectivity index is 1.62. The number of carbonyl (C=O) groups is 1. The molecule has 0 atom stereocenters. The molecule has 2 heterocycles. The molecule has 2 aliphatic rings. The summed E-state index contributed by atoms with van der Waals surface area (Å²) in [6.07, 6.45) is 2.50. The van der Waals surface area contributed by atoms with E-state index >= 15 is 0 Å². The van der Waals surface area contributed by atoms with E-state index in [4.69, 9.17) is 4.74 Å². The summed E-state index contributed by atoms with van der Waals surface area (Å²) in [5.74, 6) is 0.585. The average Bonchev–Trinajstić information content (AvgIpc) is 3.28. The molecule has 0 spiro atoms. The topological polar surface area (TPSA) is 66.9 Å². The fraction of sp³-hybridized carbons (Fsp3) is 0.381. The summed E-state index contributed by atoms with van der Waals surface area (Å²) in [6.45, 7) is 2.13. The molecule has 154 valence electrons. The van der Waals surface area contributed by atoms with Crippen LogP contribution in [0, 0.1) is 0 Å². The second-order valence-electron chi connectivity index (χ2n) is 7.36. The molecule has 1 fully saturated rings. The van der Waals surface area contributed by atoms with Crippen molar-refractivity contribution >= 4 is 31.9 Å². The maximum Gasteiger partial charge on any atom is 0.255 e. The number of fused-ring (bicyclic) bond motifs is 1. The first-order valence-corrected chi connectivity index (χ1v) is 11.9. The molecule has 2 aliphatic heterocycles.